The molecule has 0 aromatic carbocycles. The summed E-state index contributed by atoms with van der Waals surface area (Å²) in [5, 5.41) is 11.0. The quantitative estimate of drug-likeness (QED) is 0.424. The second kappa shape index (κ2) is 6.15. The molecule has 6 heteroatoms. The van der Waals surface area contributed by atoms with Gasteiger partial charge in [-0.05, 0) is 37.7 Å². The van der Waals surface area contributed by atoms with Crippen LogP contribution in [0.4, 0.5) is 0 Å². The molecule has 0 unspecified atom stereocenters. The van der Waals surface area contributed by atoms with Crippen molar-refractivity contribution in [2.24, 2.45) is 5.73 Å². The number of nitrogens with two attached hydrogens (primary N) is 1. The Hall–Kier alpha value is -1.69. The largest absolute Gasteiger partial charge is 0.370 e. The topological polar surface area (TPSA) is 78.0 Å². The normalized spacial score (nSPS) is 9.76. The van der Waals surface area contributed by atoms with Gasteiger partial charge in [0.2, 0.25) is 0 Å². The van der Waals surface area contributed by atoms with Crippen molar-refractivity contribution in [3.63, 3.8) is 0 Å². The second-order valence-electron chi connectivity index (χ2n) is 3.57. The van der Waals surface area contributed by atoms with Gasteiger partial charge >= 0.3 is 0 Å². The van der Waals surface area contributed by atoms with Gasteiger partial charge in [-0.15, -0.1) is 0 Å². The summed E-state index contributed by atoms with van der Waals surface area (Å²) in [5.74, 6) is -0.0824. The van der Waals surface area contributed by atoms with Gasteiger partial charge in [-0.2, -0.15) is 0 Å². The number of hydrogen-bond acceptors (Lipinski definition) is 3. The molecule has 0 atom stereocenters. The predicted molar refractivity (Wildman–Crippen MR) is 72.7 cm³/mol. The van der Waals surface area contributed by atoms with Crippen molar-refractivity contribution in [1.82, 2.24) is 15.2 Å². The Morgan fingerprint density at radius 2 is 2.35 bits per heavy atom. The smallest absolute Gasteiger partial charge is 0.195 e. The van der Waals surface area contributed by atoms with E-state index >= 15 is 0 Å². The minimum absolute atomic E-state index is 0.0824. The van der Waals surface area contributed by atoms with Crippen molar-refractivity contribution < 1.29 is 0 Å². The average Bonchev–Trinajstić information content (AvgIpc) is 2.27. The van der Waals surface area contributed by atoms with Gasteiger partial charge < -0.3 is 11.1 Å². The number of thiocarbonyl (C=S) groups is 1. The monoisotopic (exact) mass is 251 g/mol. The van der Waals surface area contributed by atoms with E-state index in [1.165, 1.54) is 4.90 Å². The zero-order valence-corrected chi connectivity index (χ0v) is 10.8. The Kier molecular flexibility index (Phi) is 4.84. The van der Waals surface area contributed by atoms with Gasteiger partial charge in [0.25, 0.3) is 0 Å². The van der Waals surface area contributed by atoms with E-state index in [4.69, 9.17) is 23.4 Å². The van der Waals surface area contributed by atoms with E-state index in [1.807, 2.05) is 26.0 Å². The van der Waals surface area contributed by atoms with Crippen molar-refractivity contribution in [3.8, 4) is 0 Å². The molecule has 0 amide bonds. The van der Waals surface area contributed by atoms with Crippen LogP contribution >= 0.6 is 12.2 Å². The summed E-state index contributed by atoms with van der Waals surface area (Å²) < 4.78 is 0. The van der Waals surface area contributed by atoms with Crippen molar-refractivity contribution in [1.29, 1.82) is 5.41 Å². The van der Waals surface area contributed by atoms with Crippen LogP contribution in [-0.4, -0.2) is 27.5 Å². The standard InChI is InChI=1S/C11H17N5S/c1-3-14-11(17)16(10(12)13)7-9-8(2)5-4-6-15-9/h4-6H,3,7H2,1-2H3,(H3,12,13)(H,14,17). The Bertz CT molecular complexity index is 418. The highest BCUT2D eigenvalue weighted by Gasteiger charge is 2.14. The SMILES string of the molecule is CCNC(=S)N(Cc1ncccc1C)C(=N)N. The van der Waals surface area contributed by atoms with Crippen LogP contribution in [0.1, 0.15) is 18.2 Å². The summed E-state index contributed by atoms with van der Waals surface area (Å²) in [6, 6.07) is 3.84. The zero-order chi connectivity index (χ0) is 12.8. The van der Waals surface area contributed by atoms with Crippen molar-refractivity contribution >= 4 is 23.3 Å². The molecule has 0 bridgehead atoms. The van der Waals surface area contributed by atoms with Gasteiger partial charge in [0.05, 0.1) is 12.2 Å². The minimum atomic E-state index is -0.0824. The molecule has 1 aromatic rings. The van der Waals surface area contributed by atoms with Crippen LogP contribution in [0, 0.1) is 12.3 Å². The van der Waals surface area contributed by atoms with Crippen LogP contribution in [0.2, 0.25) is 0 Å². The average molecular weight is 251 g/mol. The van der Waals surface area contributed by atoms with Crippen LogP contribution in [0.25, 0.3) is 0 Å². The fourth-order valence-corrected chi connectivity index (χ4v) is 1.65. The van der Waals surface area contributed by atoms with E-state index in [1.54, 1.807) is 6.20 Å². The predicted octanol–water partition coefficient (Wildman–Crippen LogP) is 0.980. The molecular formula is C11H17N5S. The van der Waals surface area contributed by atoms with Gasteiger partial charge in [-0.1, -0.05) is 6.07 Å². The molecule has 0 aliphatic heterocycles. The fraction of sp³-hybridized carbons (Fsp3) is 0.364. The van der Waals surface area contributed by atoms with Crippen LogP contribution in [0.15, 0.2) is 18.3 Å². The van der Waals surface area contributed by atoms with Crippen LogP contribution in [0.5, 0.6) is 0 Å². The highest BCUT2D eigenvalue weighted by Crippen LogP contribution is 2.07. The third-order valence-corrected chi connectivity index (χ3v) is 2.65. The van der Waals surface area contributed by atoms with E-state index in [-0.39, 0.29) is 5.96 Å². The summed E-state index contributed by atoms with van der Waals surface area (Å²) in [5.41, 5.74) is 7.44. The zero-order valence-electron chi connectivity index (χ0n) is 10.0. The molecule has 5 nitrogen and oxygen atoms in total. The third-order valence-electron chi connectivity index (χ3n) is 2.29. The lowest BCUT2D eigenvalue weighted by Crippen LogP contribution is -2.46. The lowest BCUT2D eigenvalue weighted by atomic mass is 10.2. The maximum atomic E-state index is 7.53. The lowest BCUT2D eigenvalue weighted by Gasteiger charge is -2.23. The van der Waals surface area contributed by atoms with Crippen LogP contribution in [-0.2, 0) is 6.54 Å². The van der Waals surface area contributed by atoms with Gasteiger partial charge in [-0.3, -0.25) is 15.3 Å². The van der Waals surface area contributed by atoms with Crippen molar-refractivity contribution in [2.45, 2.75) is 20.4 Å². The van der Waals surface area contributed by atoms with Gasteiger partial charge in [0.1, 0.15) is 0 Å². The number of pyridine rings is 1. The Morgan fingerprint density at radius 1 is 1.65 bits per heavy atom. The molecule has 92 valence electrons. The Balaban J connectivity index is 2.84. The molecule has 1 aromatic heterocycles. The molecule has 0 radical (unpaired) electrons. The van der Waals surface area contributed by atoms with E-state index in [0.29, 0.717) is 18.2 Å². The van der Waals surface area contributed by atoms with E-state index in [2.05, 4.69) is 10.3 Å². The van der Waals surface area contributed by atoms with Crippen LogP contribution in [0.3, 0.4) is 0 Å². The molecule has 0 spiro atoms. The van der Waals surface area contributed by atoms with Gasteiger partial charge in [0, 0.05) is 12.7 Å². The first-order valence-corrected chi connectivity index (χ1v) is 5.77. The highest BCUT2D eigenvalue weighted by molar-refractivity contribution is 7.80. The summed E-state index contributed by atoms with van der Waals surface area (Å²) in [7, 11) is 0. The van der Waals surface area contributed by atoms with Crippen LogP contribution < -0.4 is 11.1 Å². The second-order valence-corrected chi connectivity index (χ2v) is 3.96. The summed E-state index contributed by atoms with van der Waals surface area (Å²) in [6.07, 6.45) is 1.72. The molecule has 17 heavy (non-hydrogen) atoms. The first kappa shape index (κ1) is 13.4. The summed E-state index contributed by atoms with van der Waals surface area (Å²) in [4.78, 5) is 5.78. The lowest BCUT2D eigenvalue weighted by molar-refractivity contribution is 0.566. The minimum Gasteiger partial charge on any atom is -0.370 e. The number of guanidine groups is 1. The Labute approximate surface area is 107 Å². The van der Waals surface area contributed by atoms with Gasteiger partial charge in [0.15, 0.2) is 11.1 Å². The highest BCUT2D eigenvalue weighted by atomic mass is 32.1. The first-order valence-electron chi connectivity index (χ1n) is 5.36. The van der Waals surface area contributed by atoms with E-state index < -0.39 is 0 Å². The molecule has 1 rings (SSSR count). The molecular weight excluding hydrogens is 234 g/mol. The number of nitrogens with zero attached hydrogens (tertiary/aromatic N) is 2. The number of aryl methyl sites for hydroxylation is 1. The van der Waals surface area contributed by atoms with Gasteiger partial charge in [-0.25, -0.2) is 0 Å². The maximum Gasteiger partial charge on any atom is 0.195 e. The van der Waals surface area contributed by atoms with Crippen molar-refractivity contribution in [2.75, 3.05) is 6.54 Å². The number of rotatable bonds is 3. The number of hydrogen-bond donors (Lipinski definition) is 3. The fourth-order valence-electron chi connectivity index (χ4n) is 1.35. The van der Waals surface area contributed by atoms with E-state index in [0.717, 1.165) is 11.3 Å². The molecule has 0 fully saturated rings. The molecule has 0 aliphatic rings. The maximum absolute atomic E-state index is 7.53. The summed E-state index contributed by atoms with van der Waals surface area (Å²) >= 11 is 5.16. The molecule has 1 heterocycles. The molecule has 4 N–H and O–H groups in total. The molecule has 0 saturated heterocycles. The molecule has 0 saturated carbocycles. The number of aromatic nitrogens is 1. The van der Waals surface area contributed by atoms with E-state index in [9.17, 15) is 0 Å². The summed E-state index contributed by atoms with van der Waals surface area (Å²) in [6.45, 7) is 5.02. The van der Waals surface area contributed by atoms with Crippen molar-refractivity contribution in [3.05, 3.63) is 29.6 Å². The third kappa shape index (κ3) is 3.67. The molecule has 0 aliphatic carbocycles. The Morgan fingerprint density at radius 3 is 2.88 bits per heavy atom. The number of nitrogens with one attached hydrogen (secondary N) is 2. The first-order chi connectivity index (χ1) is 8.06.